The van der Waals surface area contributed by atoms with E-state index in [0.717, 1.165) is 16.7 Å². The number of aryl methyl sites for hydroxylation is 2. The number of fused-ring (bicyclic) bond motifs is 2. The number of hydrogen-bond donors (Lipinski definition) is 2. The van der Waals surface area contributed by atoms with Gasteiger partial charge in [0.05, 0.1) is 17.5 Å². The van der Waals surface area contributed by atoms with Crippen molar-refractivity contribution in [2.45, 2.75) is 44.7 Å². The van der Waals surface area contributed by atoms with Gasteiger partial charge in [0, 0.05) is 12.5 Å². The molecule has 8 heteroatoms. The van der Waals surface area contributed by atoms with E-state index >= 15 is 0 Å². The number of anilines is 1. The van der Waals surface area contributed by atoms with E-state index in [1.165, 1.54) is 4.90 Å². The van der Waals surface area contributed by atoms with Gasteiger partial charge in [-0.3, -0.25) is 19.7 Å². The Hall–Kier alpha value is -4.17. The third-order valence-electron chi connectivity index (χ3n) is 8.48. The molecule has 3 aromatic rings. The van der Waals surface area contributed by atoms with Crippen LogP contribution in [0.25, 0.3) is 0 Å². The Morgan fingerprint density at radius 2 is 1.60 bits per heavy atom. The number of aliphatic carboxylic acids is 1. The first-order chi connectivity index (χ1) is 19.4. The lowest BCUT2D eigenvalue weighted by Gasteiger charge is -2.32. The summed E-state index contributed by atoms with van der Waals surface area (Å²) >= 11 is 0. The Bertz CT molecular complexity index is 1470. The molecule has 0 spiro atoms. The number of carboxylic acid groups (broad SMARTS) is 1. The topological polar surface area (TPSA) is 105 Å². The van der Waals surface area contributed by atoms with Gasteiger partial charge in [-0.05, 0) is 47.2 Å². The van der Waals surface area contributed by atoms with E-state index < -0.39 is 35.3 Å². The van der Waals surface area contributed by atoms with E-state index in [1.54, 1.807) is 12.1 Å². The van der Waals surface area contributed by atoms with E-state index in [-0.39, 0.29) is 12.3 Å². The monoisotopic (exact) mass is 540 g/mol. The Labute approximate surface area is 232 Å². The van der Waals surface area contributed by atoms with Crippen LogP contribution in [0, 0.1) is 11.8 Å². The van der Waals surface area contributed by atoms with E-state index in [2.05, 4.69) is 5.32 Å². The summed E-state index contributed by atoms with van der Waals surface area (Å²) in [6, 6.07) is 19.7. The van der Waals surface area contributed by atoms with Crippen molar-refractivity contribution in [1.29, 1.82) is 0 Å². The van der Waals surface area contributed by atoms with Crippen LogP contribution in [0.4, 0.5) is 5.69 Å². The Morgan fingerprint density at radius 3 is 2.25 bits per heavy atom. The lowest BCUT2D eigenvalue weighted by Crippen LogP contribution is -2.57. The molecule has 40 heavy (non-hydrogen) atoms. The standard InChI is InChI=1S/C32H32N2O6/c1-3-20-11-8-12-21(4-2)28(20)34-29(35)25-26(30(34)36)32(31(37)38,18-19-9-6-5-7-10-19)33-27(25)22-13-14-23-24(17-22)40-16-15-39-23/h5-14,17,25-27,33H,3-4,15-16,18H2,1-2H3,(H,37,38). The zero-order chi connectivity index (χ0) is 28.0. The quantitative estimate of drug-likeness (QED) is 0.435. The molecule has 206 valence electrons. The minimum Gasteiger partial charge on any atom is -0.486 e. The molecule has 6 rings (SSSR count). The van der Waals surface area contributed by atoms with Crippen molar-refractivity contribution in [2.75, 3.05) is 18.1 Å². The van der Waals surface area contributed by atoms with Crippen molar-refractivity contribution in [3.63, 3.8) is 0 Å². The molecule has 2 amide bonds. The molecule has 0 aliphatic carbocycles. The van der Waals surface area contributed by atoms with Crippen molar-refractivity contribution in [1.82, 2.24) is 5.32 Å². The van der Waals surface area contributed by atoms with Gasteiger partial charge < -0.3 is 14.6 Å². The fourth-order valence-electron chi connectivity index (χ4n) is 6.62. The molecule has 3 aliphatic rings. The highest BCUT2D eigenvalue weighted by molar-refractivity contribution is 6.25. The van der Waals surface area contributed by atoms with Crippen LogP contribution in [-0.2, 0) is 33.6 Å². The van der Waals surface area contributed by atoms with Gasteiger partial charge in [-0.2, -0.15) is 0 Å². The minimum absolute atomic E-state index is 0.0499. The van der Waals surface area contributed by atoms with Gasteiger partial charge in [-0.25, -0.2) is 4.90 Å². The maximum atomic E-state index is 14.4. The summed E-state index contributed by atoms with van der Waals surface area (Å²) in [5.74, 6) is -2.90. The molecule has 0 saturated carbocycles. The number of hydrogen-bond acceptors (Lipinski definition) is 6. The number of ether oxygens (including phenoxy) is 2. The Balaban J connectivity index is 1.52. The average molecular weight is 541 g/mol. The Kier molecular flexibility index (Phi) is 6.58. The molecule has 0 radical (unpaired) electrons. The third-order valence-corrected chi connectivity index (χ3v) is 8.48. The first-order valence-electron chi connectivity index (χ1n) is 13.8. The lowest BCUT2D eigenvalue weighted by atomic mass is 9.76. The largest absolute Gasteiger partial charge is 0.486 e. The molecule has 2 fully saturated rings. The van der Waals surface area contributed by atoms with Crippen LogP contribution >= 0.6 is 0 Å². The van der Waals surface area contributed by atoms with Crippen LogP contribution in [0.5, 0.6) is 11.5 Å². The number of benzene rings is 3. The van der Waals surface area contributed by atoms with Gasteiger partial charge in [-0.1, -0.05) is 68.4 Å². The van der Waals surface area contributed by atoms with E-state index in [1.807, 2.05) is 68.4 Å². The maximum absolute atomic E-state index is 14.4. The lowest BCUT2D eigenvalue weighted by molar-refractivity contribution is -0.148. The number of imide groups is 1. The van der Waals surface area contributed by atoms with Gasteiger partial charge >= 0.3 is 5.97 Å². The van der Waals surface area contributed by atoms with Crippen molar-refractivity contribution in [3.8, 4) is 11.5 Å². The summed E-state index contributed by atoms with van der Waals surface area (Å²) in [6.45, 7) is 4.81. The summed E-state index contributed by atoms with van der Waals surface area (Å²) in [7, 11) is 0. The highest BCUT2D eigenvalue weighted by Gasteiger charge is 2.68. The number of nitrogens with one attached hydrogen (secondary N) is 1. The fraction of sp³-hybridized carbons (Fsp3) is 0.344. The van der Waals surface area contributed by atoms with E-state index in [9.17, 15) is 19.5 Å². The average Bonchev–Trinajstić information content (AvgIpc) is 3.46. The molecule has 0 aromatic heterocycles. The number of carbonyl (C=O) groups is 3. The minimum atomic E-state index is -1.70. The Morgan fingerprint density at radius 1 is 0.925 bits per heavy atom. The second kappa shape index (κ2) is 10.1. The molecular weight excluding hydrogens is 508 g/mol. The van der Waals surface area contributed by atoms with Crippen molar-refractivity contribution >= 4 is 23.5 Å². The van der Waals surface area contributed by atoms with Crippen molar-refractivity contribution in [2.24, 2.45) is 11.8 Å². The first kappa shape index (κ1) is 26.1. The number of rotatable bonds is 7. The molecule has 2 saturated heterocycles. The van der Waals surface area contributed by atoms with E-state index in [4.69, 9.17) is 9.47 Å². The van der Waals surface area contributed by atoms with Crippen molar-refractivity contribution in [3.05, 3.63) is 89.0 Å². The molecular formula is C32H32N2O6. The normalized spacial score (nSPS) is 25.2. The van der Waals surface area contributed by atoms with Crippen LogP contribution in [-0.4, -0.2) is 41.6 Å². The smallest absolute Gasteiger partial charge is 0.325 e. The number of para-hydroxylation sites is 1. The molecule has 4 unspecified atom stereocenters. The molecule has 3 aromatic carbocycles. The van der Waals surface area contributed by atoms with Crippen LogP contribution in [0.3, 0.4) is 0 Å². The molecule has 2 N–H and O–H groups in total. The number of carbonyl (C=O) groups excluding carboxylic acids is 2. The molecule has 3 aliphatic heterocycles. The molecule has 0 bridgehead atoms. The maximum Gasteiger partial charge on any atom is 0.325 e. The van der Waals surface area contributed by atoms with Crippen LogP contribution in [0.2, 0.25) is 0 Å². The second-order valence-electron chi connectivity index (χ2n) is 10.6. The first-order valence-corrected chi connectivity index (χ1v) is 13.8. The SMILES string of the molecule is CCc1cccc(CC)c1N1C(=O)C2C(c3ccc4c(c3)OCCO4)NC(Cc3ccccc3)(C(=O)O)C2C1=O. The number of amides is 2. The van der Waals surface area contributed by atoms with Gasteiger partial charge in [0.2, 0.25) is 11.8 Å². The number of nitrogens with zero attached hydrogens (tertiary/aromatic N) is 1. The van der Waals surface area contributed by atoms with Crippen LogP contribution in [0.1, 0.15) is 42.1 Å². The van der Waals surface area contributed by atoms with Gasteiger partial charge in [0.25, 0.3) is 0 Å². The molecule has 4 atom stereocenters. The summed E-state index contributed by atoms with van der Waals surface area (Å²) in [5.41, 5.74) is 2.11. The zero-order valence-corrected chi connectivity index (χ0v) is 22.6. The molecule has 3 heterocycles. The summed E-state index contributed by atoms with van der Waals surface area (Å²) in [6.07, 6.45) is 1.31. The second-order valence-corrected chi connectivity index (χ2v) is 10.6. The summed E-state index contributed by atoms with van der Waals surface area (Å²) in [4.78, 5) is 43.3. The van der Waals surface area contributed by atoms with Crippen LogP contribution in [0.15, 0.2) is 66.7 Å². The summed E-state index contributed by atoms with van der Waals surface area (Å²) in [5, 5.41) is 14.1. The van der Waals surface area contributed by atoms with Crippen molar-refractivity contribution < 1.29 is 29.0 Å². The summed E-state index contributed by atoms with van der Waals surface area (Å²) < 4.78 is 11.5. The zero-order valence-electron chi connectivity index (χ0n) is 22.6. The van der Waals surface area contributed by atoms with Gasteiger partial charge in [0.1, 0.15) is 18.8 Å². The highest BCUT2D eigenvalue weighted by atomic mass is 16.6. The van der Waals surface area contributed by atoms with Gasteiger partial charge in [-0.15, -0.1) is 0 Å². The predicted molar refractivity (Wildman–Crippen MR) is 148 cm³/mol. The number of carboxylic acids is 1. The fourth-order valence-corrected chi connectivity index (χ4v) is 6.62. The third kappa shape index (κ3) is 3.97. The van der Waals surface area contributed by atoms with E-state index in [0.29, 0.717) is 48.8 Å². The predicted octanol–water partition coefficient (Wildman–Crippen LogP) is 4.10. The highest BCUT2D eigenvalue weighted by Crippen LogP contribution is 2.52. The molecule has 8 nitrogen and oxygen atoms in total. The van der Waals surface area contributed by atoms with Gasteiger partial charge in [0.15, 0.2) is 11.5 Å². The van der Waals surface area contributed by atoms with Crippen LogP contribution < -0.4 is 19.7 Å².